The molecule has 0 aromatic heterocycles. The van der Waals surface area contributed by atoms with Gasteiger partial charge in [-0.3, -0.25) is 0 Å². The van der Waals surface area contributed by atoms with E-state index < -0.39 is 17.4 Å². The normalized spacial score (nSPS) is 14.9. The summed E-state index contributed by atoms with van der Waals surface area (Å²) in [7, 11) is -4.35. The van der Waals surface area contributed by atoms with Crippen LogP contribution >= 0.6 is 0 Å². The minimum atomic E-state index is -2.48. The average molecular weight is 871 g/mol. The fourth-order valence-corrected chi connectivity index (χ4v) is 13.8. The zero-order valence-corrected chi connectivity index (χ0v) is 41.9. The quantitative estimate of drug-likeness (QED) is 0.0822. The Labute approximate surface area is 371 Å². The van der Waals surface area contributed by atoms with Gasteiger partial charge in [0.05, 0.1) is 0 Å². The van der Waals surface area contributed by atoms with E-state index in [0.29, 0.717) is 25.2 Å². The zero-order chi connectivity index (χ0) is 44.8. The minimum absolute atomic E-state index is 0.640. The van der Waals surface area contributed by atoms with Crippen LogP contribution in [0.2, 0.25) is 18.1 Å². The topological polar surface area (TPSA) is 122 Å². The molecule has 1 unspecified atom stereocenters. The van der Waals surface area contributed by atoms with Crippen LogP contribution in [-0.4, -0.2) is 76.6 Å². The first-order chi connectivity index (χ1) is 29.1. The van der Waals surface area contributed by atoms with E-state index in [1.807, 2.05) is 52.8 Å². The molecule has 3 aromatic carbocycles. The van der Waals surface area contributed by atoms with Gasteiger partial charge in [-0.2, -0.15) is 0 Å². The number of hydrogen-bond acceptors (Lipinski definition) is 9. The van der Waals surface area contributed by atoms with Crippen molar-refractivity contribution in [2.45, 2.75) is 138 Å². The van der Waals surface area contributed by atoms with Gasteiger partial charge in [-0.05, 0) is 115 Å². The highest BCUT2D eigenvalue weighted by Crippen LogP contribution is 2.69. The Bertz CT molecular complexity index is 1270. The number of benzene rings is 3. The molecule has 2 fully saturated rings. The molecule has 1 atom stereocenters. The van der Waals surface area contributed by atoms with Crippen molar-refractivity contribution in [1.29, 1.82) is 0 Å². The van der Waals surface area contributed by atoms with E-state index in [2.05, 4.69) is 118 Å². The number of nitrogens with one attached hydrogen (secondary N) is 2. The van der Waals surface area contributed by atoms with Gasteiger partial charge in [0.1, 0.15) is 0 Å². The van der Waals surface area contributed by atoms with Crippen LogP contribution < -0.4 is 22.1 Å². The van der Waals surface area contributed by atoms with Gasteiger partial charge in [0.2, 0.25) is 0 Å². The first-order valence-corrected chi connectivity index (χ1v) is 27.6. The first kappa shape index (κ1) is 57.7. The fraction of sp³-hybridized carbons (Fsp3) is 0.633. The van der Waals surface area contributed by atoms with E-state index in [4.69, 9.17) is 33.6 Å². The lowest BCUT2D eigenvalue weighted by molar-refractivity contribution is 0.0714. The molecule has 9 nitrogen and oxygen atoms in total. The van der Waals surface area contributed by atoms with Crippen molar-refractivity contribution in [2.75, 3.05) is 59.2 Å². The standard InChI is InChI=1S/C14H24O3Si.C13H26O2Si.2C9H13N.2C2H7N/c1-4-15-18(16-5-2,17-6-3)13-12-14-10-8-7-9-11-14;1-4-14-16(3,15-5-2)12-11-13(12)9-7-6-8-10-13;2*1-2-10-8-9-6-4-3-5-7-9;2*1-2-3/h7-11H,4-6,12-13H2,1-3H3;12H,4-11H2,1-3H3;2*3-7,10H,2,8H2,1H3;2*2-3H2,1H3. The smallest absolute Gasteiger partial charge is 0.394 e. The van der Waals surface area contributed by atoms with E-state index in [0.717, 1.165) is 70.5 Å². The Morgan fingerprint density at radius 3 is 1.22 bits per heavy atom. The average Bonchev–Trinajstić information content (AvgIpc) is 3.97. The Balaban J connectivity index is 0.000000758. The molecule has 1 spiro atoms. The van der Waals surface area contributed by atoms with Gasteiger partial charge in [0.15, 0.2) is 0 Å². The molecule has 0 saturated heterocycles. The maximum atomic E-state index is 6.04. The highest BCUT2D eigenvalue weighted by Gasteiger charge is 2.64. The van der Waals surface area contributed by atoms with Crippen molar-refractivity contribution in [3.05, 3.63) is 108 Å². The van der Waals surface area contributed by atoms with Crippen LogP contribution in [-0.2, 0) is 41.6 Å². The second-order valence-corrected chi connectivity index (χ2v) is 20.9. The molecule has 0 aliphatic heterocycles. The lowest BCUT2D eigenvalue weighted by Crippen LogP contribution is -2.46. The zero-order valence-electron chi connectivity index (χ0n) is 39.9. The third kappa shape index (κ3) is 25.6. The van der Waals surface area contributed by atoms with Gasteiger partial charge in [0, 0.05) is 57.7 Å². The highest BCUT2D eigenvalue weighted by molar-refractivity contribution is 6.68. The predicted molar refractivity (Wildman–Crippen MR) is 261 cm³/mol. The number of nitrogens with two attached hydrogens (primary N) is 2. The van der Waals surface area contributed by atoms with E-state index in [1.54, 1.807) is 0 Å². The summed E-state index contributed by atoms with van der Waals surface area (Å²) in [5.74, 6) is 0. The molecule has 0 radical (unpaired) electrons. The SMILES string of the molecule is CCN.CCN.CCNCc1ccccc1.CCNCc1ccccc1.CCO[Si](C)(OCC)C1CC12CCCCC2.CCO[Si](CCc1ccccc1)(OCC)OCC. The molecule has 0 heterocycles. The molecule has 344 valence electrons. The summed E-state index contributed by atoms with van der Waals surface area (Å²) in [5.41, 5.74) is 15.1. The Morgan fingerprint density at radius 2 is 0.883 bits per heavy atom. The van der Waals surface area contributed by atoms with Crippen LogP contribution in [0.1, 0.15) is 118 Å². The van der Waals surface area contributed by atoms with Crippen molar-refractivity contribution in [2.24, 2.45) is 16.9 Å². The summed E-state index contributed by atoms with van der Waals surface area (Å²) in [6.45, 7) is 29.6. The van der Waals surface area contributed by atoms with Crippen molar-refractivity contribution in [3.63, 3.8) is 0 Å². The van der Waals surface area contributed by atoms with Gasteiger partial charge in [0.25, 0.3) is 0 Å². The van der Waals surface area contributed by atoms with Gasteiger partial charge in [-0.1, -0.05) is 138 Å². The van der Waals surface area contributed by atoms with Crippen molar-refractivity contribution in [1.82, 2.24) is 10.6 Å². The number of rotatable bonds is 20. The van der Waals surface area contributed by atoms with E-state index in [1.165, 1.54) is 55.2 Å². The molecule has 2 saturated carbocycles. The highest BCUT2D eigenvalue weighted by atomic mass is 28.4. The maximum absolute atomic E-state index is 6.04. The molecule has 0 amide bonds. The third-order valence-electron chi connectivity index (χ3n) is 10.0. The molecular formula is C49H90N4O5Si2. The summed E-state index contributed by atoms with van der Waals surface area (Å²) in [5, 5.41) is 6.53. The van der Waals surface area contributed by atoms with Gasteiger partial charge in [-0.15, -0.1) is 0 Å². The van der Waals surface area contributed by atoms with Crippen LogP contribution in [0.4, 0.5) is 0 Å². The van der Waals surface area contributed by atoms with Crippen molar-refractivity contribution in [3.8, 4) is 0 Å². The van der Waals surface area contributed by atoms with Crippen LogP contribution in [0.15, 0.2) is 91.0 Å². The summed E-state index contributed by atoms with van der Waals surface area (Å²) >= 11 is 0. The number of hydrogen-bond donors (Lipinski definition) is 4. The summed E-state index contributed by atoms with van der Waals surface area (Å²) in [6, 6.07) is 32.1. The van der Waals surface area contributed by atoms with E-state index in [9.17, 15) is 0 Å². The van der Waals surface area contributed by atoms with Gasteiger partial charge < -0.3 is 44.2 Å². The molecule has 60 heavy (non-hydrogen) atoms. The molecule has 2 aliphatic carbocycles. The maximum Gasteiger partial charge on any atom is 0.501 e. The summed E-state index contributed by atoms with van der Waals surface area (Å²) in [4.78, 5) is 0. The molecule has 5 rings (SSSR count). The Kier molecular flexibility index (Phi) is 35.9. The van der Waals surface area contributed by atoms with Crippen LogP contribution in [0.3, 0.4) is 0 Å². The lowest BCUT2D eigenvalue weighted by Gasteiger charge is -2.31. The first-order valence-electron chi connectivity index (χ1n) is 23.3. The summed E-state index contributed by atoms with van der Waals surface area (Å²) in [6.07, 6.45) is 9.48. The van der Waals surface area contributed by atoms with Crippen molar-refractivity contribution >= 4 is 17.4 Å². The molecule has 2 aliphatic rings. The molecular weight excluding hydrogens is 781 g/mol. The van der Waals surface area contributed by atoms with Gasteiger partial charge in [-0.25, -0.2) is 0 Å². The molecule has 3 aromatic rings. The van der Waals surface area contributed by atoms with E-state index in [-0.39, 0.29) is 0 Å². The second-order valence-electron chi connectivity index (χ2n) is 14.9. The van der Waals surface area contributed by atoms with Crippen LogP contribution in [0.5, 0.6) is 0 Å². The molecule has 0 bridgehead atoms. The number of aryl methyl sites for hydroxylation is 1. The monoisotopic (exact) mass is 871 g/mol. The third-order valence-corrected chi connectivity index (χ3v) is 16.9. The molecule has 11 heteroatoms. The van der Waals surface area contributed by atoms with E-state index >= 15 is 0 Å². The fourth-order valence-electron chi connectivity index (χ4n) is 7.39. The second kappa shape index (κ2) is 37.3. The Morgan fingerprint density at radius 1 is 0.533 bits per heavy atom. The van der Waals surface area contributed by atoms with Crippen LogP contribution in [0.25, 0.3) is 0 Å². The lowest BCUT2D eigenvalue weighted by atomic mass is 9.86. The molecule has 6 N–H and O–H groups in total. The van der Waals surface area contributed by atoms with Crippen molar-refractivity contribution < 1.29 is 22.1 Å². The van der Waals surface area contributed by atoms with Crippen LogP contribution in [0, 0.1) is 5.41 Å². The predicted octanol–water partition coefficient (Wildman–Crippen LogP) is 10.7. The summed E-state index contributed by atoms with van der Waals surface area (Å²) < 4.78 is 29.6. The minimum Gasteiger partial charge on any atom is -0.394 e. The largest absolute Gasteiger partial charge is 0.501 e. The Hall–Kier alpha value is -2.27. The van der Waals surface area contributed by atoms with Gasteiger partial charge >= 0.3 is 17.4 Å².